The average molecular weight is 333 g/mol. The first-order chi connectivity index (χ1) is 10.9. The van der Waals surface area contributed by atoms with Gasteiger partial charge in [0.25, 0.3) is 5.56 Å². The molecule has 0 aliphatic heterocycles. The fraction of sp³-hybridized carbons (Fsp3) is 0.133. The summed E-state index contributed by atoms with van der Waals surface area (Å²) in [6.45, 7) is 0.256. The number of halogens is 1. The lowest BCUT2D eigenvalue weighted by Gasteiger charge is -2.04. The standard InChI is InChI=1S/C15H12FN3O3S/c1-18-13(21)2-3-19(15(18)22)8-12-7-17-14(23-12)9-4-10(16)6-11(20)5-9/h2-7,20H,8H2,1H3. The third-order valence-electron chi connectivity index (χ3n) is 3.27. The molecule has 0 fully saturated rings. The summed E-state index contributed by atoms with van der Waals surface area (Å²) in [5.41, 5.74) is -0.325. The van der Waals surface area contributed by atoms with Gasteiger partial charge < -0.3 is 5.11 Å². The van der Waals surface area contributed by atoms with Crippen molar-refractivity contribution in [2.75, 3.05) is 0 Å². The molecule has 1 N–H and O–H groups in total. The van der Waals surface area contributed by atoms with Crippen LogP contribution in [-0.4, -0.2) is 19.2 Å². The Morgan fingerprint density at radius 2 is 2.09 bits per heavy atom. The second-order valence-electron chi connectivity index (χ2n) is 4.95. The molecule has 0 aliphatic rings. The van der Waals surface area contributed by atoms with Gasteiger partial charge in [-0.05, 0) is 12.1 Å². The smallest absolute Gasteiger partial charge is 0.331 e. The molecule has 0 saturated heterocycles. The summed E-state index contributed by atoms with van der Waals surface area (Å²) >= 11 is 1.28. The fourth-order valence-corrected chi connectivity index (χ4v) is 3.01. The Hall–Kier alpha value is -2.74. The van der Waals surface area contributed by atoms with E-state index < -0.39 is 11.5 Å². The maximum atomic E-state index is 13.3. The van der Waals surface area contributed by atoms with E-state index in [2.05, 4.69) is 4.98 Å². The topological polar surface area (TPSA) is 77.1 Å². The number of nitrogens with zero attached hydrogens (tertiary/aromatic N) is 3. The maximum Gasteiger partial charge on any atom is 0.331 e. The van der Waals surface area contributed by atoms with Gasteiger partial charge in [-0.2, -0.15) is 0 Å². The lowest BCUT2D eigenvalue weighted by Crippen LogP contribution is -2.36. The van der Waals surface area contributed by atoms with Crippen LogP contribution in [-0.2, 0) is 13.6 Å². The van der Waals surface area contributed by atoms with E-state index in [1.807, 2.05) is 0 Å². The molecule has 0 atom stereocenters. The van der Waals surface area contributed by atoms with Gasteiger partial charge in [-0.1, -0.05) is 0 Å². The molecular weight excluding hydrogens is 321 g/mol. The minimum Gasteiger partial charge on any atom is -0.508 e. The predicted octanol–water partition coefficient (Wildman–Crippen LogP) is 1.56. The molecule has 0 bridgehead atoms. The minimum absolute atomic E-state index is 0.175. The Bertz CT molecular complexity index is 970. The Kier molecular flexibility index (Phi) is 3.83. The van der Waals surface area contributed by atoms with Crippen molar-refractivity contribution in [3.8, 4) is 16.3 Å². The molecule has 6 nitrogen and oxygen atoms in total. The highest BCUT2D eigenvalue weighted by Gasteiger charge is 2.09. The van der Waals surface area contributed by atoms with Crippen LogP contribution in [0.25, 0.3) is 10.6 Å². The zero-order valence-electron chi connectivity index (χ0n) is 12.1. The summed E-state index contributed by atoms with van der Waals surface area (Å²) in [5, 5.41) is 9.98. The summed E-state index contributed by atoms with van der Waals surface area (Å²) in [4.78, 5) is 28.3. The van der Waals surface area contributed by atoms with E-state index >= 15 is 0 Å². The first kappa shape index (κ1) is 15.2. The van der Waals surface area contributed by atoms with Crippen molar-refractivity contribution in [1.82, 2.24) is 14.1 Å². The van der Waals surface area contributed by atoms with E-state index in [9.17, 15) is 19.1 Å². The predicted molar refractivity (Wildman–Crippen MR) is 84.2 cm³/mol. The molecule has 0 saturated carbocycles. The number of thiazole rings is 1. The molecule has 2 aromatic heterocycles. The summed E-state index contributed by atoms with van der Waals surface area (Å²) in [6.07, 6.45) is 3.01. The zero-order chi connectivity index (χ0) is 16.6. The van der Waals surface area contributed by atoms with Crippen LogP contribution in [0.5, 0.6) is 5.75 Å². The highest BCUT2D eigenvalue weighted by Crippen LogP contribution is 2.28. The van der Waals surface area contributed by atoms with E-state index in [4.69, 9.17) is 0 Å². The number of aromatic nitrogens is 3. The van der Waals surface area contributed by atoms with Crippen molar-refractivity contribution in [3.63, 3.8) is 0 Å². The van der Waals surface area contributed by atoms with Gasteiger partial charge in [-0.25, -0.2) is 14.2 Å². The van der Waals surface area contributed by atoms with E-state index in [1.54, 1.807) is 6.20 Å². The van der Waals surface area contributed by atoms with Crippen molar-refractivity contribution in [2.24, 2.45) is 7.05 Å². The van der Waals surface area contributed by atoms with Gasteiger partial charge in [0.15, 0.2) is 0 Å². The summed E-state index contributed by atoms with van der Waals surface area (Å²) < 4.78 is 15.8. The van der Waals surface area contributed by atoms with Crippen molar-refractivity contribution >= 4 is 11.3 Å². The van der Waals surface area contributed by atoms with E-state index in [0.29, 0.717) is 10.6 Å². The SMILES string of the molecule is Cn1c(=O)ccn(Cc2cnc(-c3cc(O)cc(F)c3)s2)c1=O. The van der Waals surface area contributed by atoms with E-state index in [1.165, 1.54) is 47.3 Å². The third kappa shape index (κ3) is 3.07. The maximum absolute atomic E-state index is 13.3. The fourth-order valence-electron chi connectivity index (χ4n) is 2.12. The van der Waals surface area contributed by atoms with Gasteiger partial charge in [0, 0.05) is 42.0 Å². The number of hydrogen-bond donors (Lipinski definition) is 1. The molecule has 3 rings (SSSR count). The molecule has 0 amide bonds. The number of phenols is 1. The van der Waals surface area contributed by atoms with E-state index in [-0.39, 0.29) is 17.9 Å². The normalized spacial score (nSPS) is 10.9. The molecule has 3 aromatic rings. The molecule has 118 valence electrons. The second kappa shape index (κ2) is 5.81. The summed E-state index contributed by atoms with van der Waals surface area (Å²) in [6, 6.07) is 5.03. The lowest BCUT2D eigenvalue weighted by molar-refractivity contribution is 0.469. The molecule has 23 heavy (non-hydrogen) atoms. The highest BCUT2D eigenvalue weighted by molar-refractivity contribution is 7.15. The number of rotatable bonds is 3. The number of hydrogen-bond acceptors (Lipinski definition) is 5. The third-order valence-corrected chi connectivity index (χ3v) is 4.30. The molecule has 2 heterocycles. The molecule has 0 radical (unpaired) electrons. The van der Waals surface area contributed by atoms with Crippen LogP contribution in [0.2, 0.25) is 0 Å². The van der Waals surface area contributed by atoms with Crippen LogP contribution in [0.3, 0.4) is 0 Å². The van der Waals surface area contributed by atoms with Crippen molar-refractivity contribution in [2.45, 2.75) is 6.54 Å². The van der Waals surface area contributed by atoms with Gasteiger partial charge in [0.05, 0.1) is 6.54 Å². The second-order valence-corrected chi connectivity index (χ2v) is 6.07. The first-order valence-corrected chi connectivity index (χ1v) is 7.47. The Morgan fingerprint density at radius 3 is 2.83 bits per heavy atom. The lowest BCUT2D eigenvalue weighted by atomic mass is 10.2. The van der Waals surface area contributed by atoms with Crippen LogP contribution in [0.15, 0.2) is 46.2 Å². The number of phenolic OH excluding ortho intramolecular Hbond substituents is 1. The molecule has 1 aromatic carbocycles. The minimum atomic E-state index is -0.550. The first-order valence-electron chi connectivity index (χ1n) is 6.65. The van der Waals surface area contributed by atoms with E-state index in [0.717, 1.165) is 15.5 Å². The number of benzene rings is 1. The van der Waals surface area contributed by atoms with Crippen molar-refractivity contribution < 1.29 is 9.50 Å². The van der Waals surface area contributed by atoms with Gasteiger partial charge in [0.2, 0.25) is 0 Å². The quantitative estimate of drug-likeness (QED) is 0.789. The van der Waals surface area contributed by atoms with Crippen molar-refractivity contribution in [1.29, 1.82) is 0 Å². The average Bonchev–Trinajstić information content (AvgIpc) is 2.96. The van der Waals surface area contributed by atoms with Crippen LogP contribution in [0.1, 0.15) is 4.88 Å². The largest absolute Gasteiger partial charge is 0.508 e. The van der Waals surface area contributed by atoms with Crippen LogP contribution < -0.4 is 11.2 Å². The van der Waals surface area contributed by atoms with Gasteiger partial charge in [-0.15, -0.1) is 11.3 Å². The Morgan fingerprint density at radius 1 is 1.30 bits per heavy atom. The highest BCUT2D eigenvalue weighted by atomic mass is 32.1. The molecule has 0 unspecified atom stereocenters. The van der Waals surface area contributed by atoms with Gasteiger partial charge >= 0.3 is 5.69 Å². The van der Waals surface area contributed by atoms with Crippen molar-refractivity contribution in [3.05, 3.63) is 68.2 Å². The molecular formula is C15H12FN3O3S. The summed E-state index contributed by atoms with van der Waals surface area (Å²) in [7, 11) is 1.41. The Labute approximate surface area is 133 Å². The van der Waals surface area contributed by atoms with Crippen LogP contribution in [0, 0.1) is 5.82 Å². The molecule has 0 spiro atoms. The number of aromatic hydroxyl groups is 1. The zero-order valence-corrected chi connectivity index (χ0v) is 12.9. The molecule has 0 aliphatic carbocycles. The van der Waals surface area contributed by atoms with Crippen LogP contribution >= 0.6 is 11.3 Å². The van der Waals surface area contributed by atoms with Crippen LogP contribution in [0.4, 0.5) is 4.39 Å². The molecule has 8 heteroatoms. The van der Waals surface area contributed by atoms with Gasteiger partial charge in [0.1, 0.15) is 16.6 Å². The summed E-state index contributed by atoms with van der Waals surface area (Å²) in [5.74, 6) is -0.725. The monoisotopic (exact) mass is 333 g/mol. The Balaban J connectivity index is 1.92. The van der Waals surface area contributed by atoms with Gasteiger partial charge in [-0.3, -0.25) is 13.9 Å².